The maximum absolute atomic E-state index is 9.90. The van der Waals surface area contributed by atoms with Gasteiger partial charge in [0.15, 0.2) is 0 Å². The molecule has 1 aromatic carbocycles. The van der Waals surface area contributed by atoms with E-state index in [0.717, 1.165) is 0 Å². The Morgan fingerprint density at radius 3 is 2.56 bits per heavy atom. The van der Waals surface area contributed by atoms with Crippen molar-refractivity contribution in [3.05, 3.63) is 30.3 Å². The lowest BCUT2D eigenvalue weighted by molar-refractivity contribution is -0.179. The summed E-state index contributed by atoms with van der Waals surface area (Å²) in [6.45, 7) is 0.223. The molecule has 18 heavy (non-hydrogen) atoms. The number of hydrogen-bond donors (Lipinski definition) is 3. The third-order valence-corrected chi connectivity index (χ3v) is 3.13. The van der Waals surface area contributed by atoms with Gasteiger partial charge in [0.1, 0.15) is 18.0 Å². The fraction of sp³-hybridized carbons (Fsp3) is 0.538. The van der Waals surface area contributed by atoms with E-state index in [9.17, 15) is 10.2 Å². The number of benzene rings is 1. The predicted octanol–water partition coefficient (Wildman–Crippen LogP) is -0.206. The number of aliphatic hydroxyl groups excluding tert-OH is 3. The molecule has 0 saturated carbocycles. The molecule has 0 spiro atoms. The fourth-order valence-corrected chi connectivity index (χ4v) is 1.97. The van der Waals surface area contributed by atoms with Crippen LogP contribution in [-0.2, 0) is 4.74 Å². The van der Waals surface area contributed by atoms with Crippen LogP contribution in [0.3, 0.4) is 0 Å². The second-order valence-electron chi connectivity index (χ2n) is 4.42. The van der Waals surface area contributed by atoms with Crippen LogP contribution in [0.4, 0.5) is 0 Å². The first-order chi connectivity index (χ1) is 8.72. The van der Waals surface area contributed by atoms with Crippen molar-refractivity contribution in [3.8, 4) is 5.75 Å². The van der Waals surface area contributed by atoms with E-state index in [0.29, 0.717) is 5.75 Å². The van der Waals surface area contributed by atoms with Crippen LogP contribution >= 0.6 is 0 Å². The van der Waals surface area contributed by atoms with E-state index in [-0.39, 0.29) is 25.7 Å². The molecule has 0 amide bonds. The van der Waals surface area contributed by atoms with Gasteiger partial charge in [-0.05, 0) is 12.1 Å². The Morgan fingerprint density at radius 1 is 1.17 bits per heavy atom. The molecular weight excluding hydrogens is 236 g/mol. The fourth-order valence-electron chi connectivity index (χ4n) is 1.97. The number of hydrogen-bond acceptors (Lipinski definition) is 5. The second-order valence-corrected chi connectivity index (χ2v) is 4.42. The van der Waals surface area contributed by atoms with Crippen molar-refractivity contribution >= 4 is 0 Å². The second kappa shape index (κ2) is 6.15. The number of ether oxygens (including phenoxy) is 2. The van der Waals surface area contributed by atoms with Gasteiger partial charge in [-0.25, -0.2) is 0 Å². The third-order valence-electron chi connectivity index (χ3n) is 3.13. The largest absolute Gasteiger partial charge is 0.493 e. The summed E-state index contributed by atoms with van der Waals surface area (Å²) in [5, 5.41) is 28.6. The average molecular weight is 254 g/mol. The lowest BCUT2D eigenvalue weighted by atomic mass is 9.93. The summed E-state index contributed by atoms with van der Waals surface area (Å²) in [5.41, 5.74) is 0. The highest BCUT2D eigenvalue weighted by Gasteiger charge is 2.38. The molecule has 0 aromatic heterocycles. The molecule has 5 nitrogen and oxygen atoms in total. The molecule has 1 aliphatic heterocycles. The number of para-hydroxylation sites is 1. The van der Waals surface area contributed by atoms with Gasteiger partial charge in [-0.1, -0.05) is 18.2 Å². The summed E-state index contributed by atoms with van der Waals surface area (Å²) in [4.78, 5) is 0. The maximum Gasteiger partial charge on any atom is 0.119 e. The van der Waals surface area contributed by atoms with Crippen molar-refractivity contribution in [1.82, 2.24) is 0 Å². The molecule has 1 fully saturated rings. The normalized spacial score (nSPS) is 32.2. The van der Waals surface area contributed by atoms with Crippen LogP contribution < -0.4 is 4.74 Å². The minimum absolute atomic E-state index is 0.260. The lowest BCUT2D eigenvalue weighted by Gasteiger charge is -2.36. The smallest absolute Gasteiger partial charge is 0.119 e. The topological polar surface area (TPSA) is 79.2 Å². The van der Waals surface area contributed by atoms with Crippen LogP contribution in [0.1, 0.15) is 0 Å². The van der Waals surface area contributed by atoms with Crippen molar-refractivity contribution in [2.24, 2.45) is 5.92 Å². The van der Waals surface area contributed by atoms with Gasteiger partial charge in [0.25, 0.3) is 0 Å². The van der Waals surface area contributed by atoms with Gasteiger partial charge < -0.3 is 24.8 Å². The minimum atomic E-state index is -1.08. The Morgan fingerprint density at radius 2 is 1.89 bits per heavy atom. The van der Waals surface area contributed by atoms with Gasteiger partial charge in [-0.3, -0.25) is 0 Å². The molecule has 2 rings (SSSR count). The van der Waals surface area contributed by atoms with Crippen molar-refractivity contribution in [1.29, 1.82) is 0 Å². The molecule has 1 aliphatic rings. The summed E-state index contributed by atoms with van der Waals surface area (Å²) < 4.78 is 10.8. The molecular formula is C13H18O5. The first-order valence-electron chi connectivity index (χ1n) is 5.99. The van der Waals surface area contributed by atoms with Crippen molar-refractivity contribution in [2.45, 2.75) is 18.3 Å². The summed E-state index contributed by atoms with van der Waals surface area (Å²) in [7, 11) is 0. The zero-order valence-electron chi connectivity index (χ0n) is 9.98. The Hall–Kier alpha value is -1.14. The number of rotatable bonds is 4. The highest BCUT2D eigenvalue weighted by molar-refractivity contribution is 5.20. The van der Waals surface area contributed by atoms with Crippen LogP contribution in [0.5, 0.6) is 5.75 Å². The molecule has 3 N–H and O–H groups in total. The highest BCUT2D eigenvalue weighted by atomic mass is 16.5. The molecule has 0 unspecified atom stereocenters. The molecule has 1 heterocycles. The maximum atomic E-state index is 9.90. The molecule has 0 aliphatic carbocycles. The Labute approximate surface area is 106 Å². The molecule has 1 saturated heterocycles. The monoisotopic (exact) mass is 254 g/mol. The Bertz CT molecular complexity index is 356. The molecule has 0 bridgehead atoms. The van der Waals surface area contributed by atoms with E-state index in [1.165, 1.54) is 0 Å². The van der Waals surface area contributed by atoms with Crippen LogP contribution in [0.15, 0.2) is 30.3 Å². The molecule has 100 valence electrons. The van der Waals surface area contributed by atoms with E-state index in [1.54, 1.807) is 0 Å². The first kappa shape index (κ1) is 13.3. The minimum Gasteiger partial charge on any atom is -0.493 e. The van der Waals surface area contributed by atoms with Gasteiger partial charge >= 0.3 is 0 Å². The predicted molar refractivity (Wildman–Crippen MR) is 64.3 cm³/mol. The van der Waals surface area contributed by atoms with Crippen molar-refractivity contribution in [3.63, 3.8) is 0 Å². The molecule has 1 aromatic rings. The van der Waals surface area contributed by atoms with Crippen molar-refractivity contribution in [2.75, 3.05) is 19.8 Å². The first-order valence-corrected chi connectivity index (χ1v) is 5.99. The SMILES string of the molecule is OC[C@H]1OC[C@@H](COc2ccccc2)[C@@H](O)[C@H]1O. The highest BCUT2D eigenvalue weighted by Crippen LogP contribution is 2.21. The Balaban J connectivity index is 1.87. The van der Waals surface area contributed by atoms with Gasteiger partial charge in [0.05, 0.1) is 25.9 Å². The summed E-state index contributed by atoms with van der Waals surface area (Å²) in [5.74, 6) is 0.409. The standard InChI is InChI=1S/C13H18O5/c14-6-11-13(16)12(15)9(8-18-11)7-17-10-4-2-1-3-5-10/h1-5,9,11-16H,6-8H2/t9-,11-,12-,13+/m1/s1. The zero-order chi connectivity index (χ0) is 13.0. The molecule has 4 atom stereocenters. The Kier molecular flexibility index (Phi) is 4.54. The van der Waals surface area contributed by atoms with E-state index >= 15 is 0 Å². The number of aliphatic hydroxyl groups is 3. The summed E-state index contributed by atoms with van der Waals surface area (Å²) >= 11 is 0. The van der Waals surface area contributed by atoms with Gasteiger partial charge in [0, 0.05) is 5.92 Å². The summed E-state index contributed by atoms with van der Waals surface area (Å²) in [6, 6.07) is 9.26. The lowest BCUT2D eigenvalue weighted by Crippen LogP contribution is -2.52. The zero-order valence-corrected chi connectivity index (χ0v) is 9.98. The quantitative estimate of drug-likeness (QED) is 0.693. The van der Waals surface area contributed by atoms with Crippen LogP contribution in [0.2, 0.25) is 0 Å². The van der Waals surface area contributed by atoms with Gasteiger partial charge in [-0.15, -0.1) is 0 Å². The van der Waals surface area contributed by atoms with Crippen LogP contribution in [0.25, 0.3) is 0 Å². The van der Waals surface area contributed by atoms with Crippen LogP contribution in [-0.4, -0.2) is 53.5 Å². The third kappa shape index (κ3) is 3.00. The van der Waals surface area contributed by atoms with Gasteiger partial charge in [-0.2, -0.15) is 0 Å². The molecule has 0 radical (unpaired) electrons. The van der Waals surface area contributed by atoms with Crippen molar-refractivity contribution < 1.29 is 24.8 Å². The van der Waals surface area contributed by atoms with E-state index in [2.05, 4.69) is 0 Å². The average Bonchev–Trinajstić information content (AvgIpc) is 2.42. The van der Waals surface area contributed by atoms with E-state index in [4.69, 9.17) is 14.6 Å². The van der Waals surface area contributed by atoms with E-state index < -0.39 is 18.3 Å². The van der Waals surface area contributed by atoms with E-state index in [1.807, 2.05) is 30.3 Å². The van der Waals surface area contributed by atoms with Crippen LogP contribution in [0, 0.1) is 5.92 Å². The molecule has 5 heteroatoms. The van der Waals surface area contributed by atoms with Gasteiger partial charge in [0.2, 0.25) is 0 Å². The summed E-state index contributed by atoms with van der Waals surface area (Å²) in [6.07, 6.45) is -2.74.